The van der Waals surface area contributed by atoms with Crippen molar-refractivity contribution in [3.05, 3.63) is 0 Å². The fourth-order valence-electron chi connectivity index (χ4n) is 1.55. The average molecular weight is 191 g/mol. The first-order chi connectivity index (χ1) is 6.05. The van der Waals surface area contributed by atoms with E-state index in [4.69, 9.17) is 0 Å². The van der Waals surface area contributed by atoms with Crippen molar-refractivity contribution in [2.45, 2.75) is 38.5 Å². The van der Waals surface area contributed by atoms with Crippen molar-refractivity contribution in [2.24, 2.45) is 0 Å². The van der Waals surface area contributed by atoms with Gasteiger partial charge in [-0.15, -0.1) is 0 Å². The van der Waals surface area contributed by atoms with Crippen molar-refractivity contribution in [1.82, 2.24) is 4.90 Å². The Balaban J connectivity index is 2.47. The Kier molecular flexibility index (Phi) is 3.22. The molecule has 0 aromatic carbocycles. The third-order valence-corrected chi connectivity index (χ3v) is 2.21. The van der Waals surface area contributed by atoms with Crippen LogP contribution in [0.25, 0.3) is 0 Å². The van der Waals surface area contributed by atoms with Crippen molar-refractivity contribution < 1.29 is 13.6 Å². The molecule has 1 heterocycles. The lowest BCUT2D eigenvalue weighted by Gasteiger charge is -2.32. The summed E-state index contributed by atoms with van der Waals surface area (Å²) in [6, 6.07) is 0. The van der Waals surface area contributed by atoms with Crippen LogP contribution in [0.15, 0.2) is 0 Å². The van der Waals surface area contributed by atoms with Gasteiger partial charge in [0, 0.05) is 19.4 Å². The molecule has 13 heavy (non-hydrogen) atoms. The first-order valence-electron chi connectivity index (χ1n) is 4.71. The van der Waals surface area contributed by atoms with Gasteiger partial charge in [-0.1, -0.05) is 6.92 Å². The standard InChI is InChI=1S/C9H15F2NO/c1-2-4-8(13)12-6-3-5-9(10,11)7-12/h2-7H2,1H3. The summed E-state index contributed by atoms with van der Waals surface area (Å²) >= 11 is 0. The van der Waals surface area contributed by atoms with E-state index in [0.717, 1.165) is 6.42 Å². The van der Waals surface area contributed by atoms with Crippen molar-refractivity contribution in [3.63, 3.8) is 0 Å². The largest absolute Gasteiger partial charge is 0.337 e. The van der Waals surface area contributed by atoms with Gasteiger partial charge < -0.3 is 4.90 Å². The maximum atomic E-state index is 12.9. The molecule has 1 fully saturated rings. The molecule has 4 heteroatoms. The van der Waals surface area contributed by atoms with Gasteiger partial charge in [0.1, 0.15) is 0 Å². The van der Waals surface area contributed by atoms with E-state index in [1.807, 2.05) is 6.92 Å². The van der Waals surface area contributed by atoms with Crippen LogP contribution in [0.2, 0.25) is 0 Å². The van der Waals surface area contributed by atoms with Gasteiger partial charge in [0.05, 0.1) is 6.54 Å². The lowest BCUT2D eigenvalue weighted by molar-refractivity contribution is -0.141. The number of likely N-dealkylation sites (tertiary alicyclic amines) is 1. The Labute approximate surface area is 76.9 Å². The number of alkyl halides is 2. The van der Waals surface area contributed by atoms with Crippen LogP contribution in [0.1, 0.15) is 32.6 Å². The third-order valence-electron chi connectivity index (χ3n) is 2.21. The van der Waals surface area contributed by atoms with Crippen LogP contribution in [0.3, 0.4) is 0 Å². The number of carbonyl (C=O) groups excluding carboxylic acids is 1. The smallest absolute Gasteiger partial charge is 0.265 e. The van der Waals surface area contributed by atoms with Crippen LogP contribution in [0, 0.1) is 0 Å². The van der Waals surface area contributed by atoms with E-state index >= 15 is 0 Å². The Bertz CT molecular complexity index is 194. The molecule has 0 aliphatic carbocycles. The SMILES string of the molecule is CCCC(=O)N1CCCC(F)(F)C1. The van der Waals surface area contributed by atoms with E-state index in [1.165, 1.54) is 4.90 Å². The fourth-order valence-corrected chi connectivity index (χ4v) is 1.55. The van der Waals surface area contributed by atoms with Crippen molar-refractivity contribution in [1.29, 1.82) is 0 Å². The molecule has 1 amide bonds. The zero-order valence-corrected chi connectivity index (χ0v) is 7.85. The molecule has 1 aliphatic heterocycles. The summed E-state index contributed by atoms with van der Waals surface area (Å²) in [5, 5.41) is 0. The van der Waals surface area contributed by atoms with Crippen molar-refractivity contribution in [3.8, 4) is 0 Å². The van der Waals surface area contributed by atoms with Crippen LogP contribution in [-0.2, 0) is 4.79 Å². The van der Waals surface area contributed by atoms with E-state index in [1.54, 1.807) is 0 Å². The average Bonchev–Trinajstić information content (AvgIpc) is 2.03. The Morgan fingerprint density at radius 3 is 2.77 bits per heavy atom. The molecule has 1 saturated heterocycles. The van der Waals surface area contributed by atoms with Crippen molar-refractivity contribution >= 4 is 5.91 Å². The predicted molar refractivity (Wildman–Crippen MR) is 45.7 cm³/mol. The van der Waals surface area contributed by atoms with E-state index in [-0.39, 0.29) is 18.9 Å². The zero-order valence-electron chi connectivity index (χ0n) is 7.85. The number of piperidine rings is 1. The molecule has 0 spiro atoms. The number of hydrogen-bond acceptors (Lipinski definition) is 1. The van der Waals surface area contributed by atoms with E-state index in [2.05, 4.69) is 0 Å². The lowest BCUT2D eigenvalue weighted by Crippen LogP contribution is -2.45. The molecular weight excluding hydrogens is 176 g/mol. The molecule has 0 N–H and O–H groups in total. The monoisotopic (exact) mass is 191 g/mol. The first kappa shape index (κ1) is 10.4. The highest BCUT2D eigenvalue weighted by Gasteiger charge is 2.36. The second-order valence-electron chi connectivity index (χ2n) is 3.52. The Hall–Kier alpha value is -0.670. The molecule has 0 atom stereocenters. The Morgan fingerprint density at radius 2 is 2.23 bits per heavy atom. The molecule has 0 aromatic rings. The zero-order chi connectivity index (χ0) is 9.90. The van der Waals surface area contributed by atoms with Gasteiger partial charge >= 0.3 is 0 Å². The fraction of sp³-hybridized carbons (Fsp3) is 0.889. The number of amides is 1. The molecular formula is C9H15F2NO. The summed E-state index contributed by atoms with van der Waals surface area (Å²) in [6.45, 7) is 1.99. The third kappa shape index (κ3) is 2.94. The number of nitrogens with zero attached hydrogens (tertiary/aromatic N) is 1. The summed E-state index contributed by atoms with van der Waals surface area (Å²) in [6.07, 6.45) is 1.45. The summed E-state index contributed by atoms with van der Waals surface area (Å²) in [4.78, 5) is 12.6. The summed E-state index contributed by atoms with van der Waals surface area (Å²) in [7, 11) is 0. The van der Waals surface area contributed by atoms with Gasteiger partial charge in [0.15, 0.2) is 0 Å². The normalized spacial score (nSPS) is 21.6. The van der Waals surface area contributed by atoms with Gasteiger partial charge in [0.2, 0.25) is 5.91 Å². The summed E-state index contributed by atoms with van der Waals surface area (Å²) in [5.74, 6) is -2.80. The number of hydrogen-bond donors (Lipinski definition) is 0. The molecule has 1 rings (SSSR count). The minimum Gasteiger partial charge on any atom is -0.337 e. The van der Waals surface area contributed by atoms with Crippen LogP contribution < -0.4 is 0 Å². The topological polar surface area (TPSA) is 20.3 Å². The minimum atomic E-state index is -2.67. The number of rotatable bonds is 2. The van der Waals surface area contributed by atoms with Gasteiger partial charge in [-0.25, -0.2) is 8.78 Å². The summed E-state index contributed by atoms with van der Waals surface area (Å²) < 4.78 is 25.7. The molecule has 0 unspecified atom stereocenters. The summed E-state index contributed by atoms with van der Waals surface area (Å²) in [5.41, 5.74) is 0. The predicted octanol–water partition coefficient (Wildman–Crippen LogP) is 2.04. The van der Waals surface area contributed by atoms with E-state index in [9.17, 15) is 13.6 Å². The first-order valence-corrected chi connectivity index (χ1v) is 4.71. The highest BCUT2D eigenvalue weighted by Crippen LogP contribution is 2.26. The minimum absolute atomic E-state index is 0.0805. The van der Waals surface area contributed by atoms with Crippen LogP contribution >= 0.6 is 0 Å². The van der Waals surface area contributed by atoms with E-state index < -0.39 is 5.92 Å². The van der Waals surface area contributed by atoms with E-state index in [0.29, 0.717) is 19.4 Å². The van der Waals surface area contributed by atoms with Crippen LogP contribution in [-0.4, -0.2) is 29.8 Å². The number of halogens is 2. The molecule has 2 nitrogen and oxygen atoms in total. The maximum absolute atomic E-state index is 12.9. The molecule has 1 aliphatic rings. The van der Waals surface area contributed by atoms with Gasteiger partial charge in [-0.2, -0.15) is 0 Å². The highest BCUT2D eigenvalue weighted by molar-refractivity contribution is 5.76. The Morgan fingerprint density at radius 1 is 1.54 bits per heavy atom. The highest BCUT2D eigenvalue weighted by atomic mass is 19.3. The number of carbonyl (C=O) groups is 1. The van der Waals surface area contributed by atoms with Gasteiger partial charge in [-0.3, -0.25) is 4.79 Å². The quantitative estimate of drug-likeness (QED) is 0.654. The second kappa shape index (κ2) is 4.03. The maximum Gasteiger partial charge on any atom is 0.265 e. The molecule has 76 valence electrons. The van der Waals surface area contributed by atoms with Crippen LogP contribution in [0.5, 0.6) is 0 Å². The molecule has 0 bridgehead atoms. The molecule has 0 saturated carbocycles. The van der Waals surface area contributed by atoms with Crippen molar-refractivity contribution in [2.75, 3.05) is 13.1 Å². The molecule has 0 radical (unpaired) electrons. The van der Waals surface area contributed by atoms with Gasteiger partial charge in [-0.05, 0) is 12.8 Å². The van der Waals surface area contributed by atoms with Crippen LogP contribution in [0.4, 0.5) is 8.78 Å². The second-order valence-corrected chi connectivity index (χ2v) is 3.52. The molecule has 0 aromatic heterocycles. The lowest BCUT2D eigenvalue weighted by atomic mass is 10.1. The van der Waals surface area contributed by atoms with Gasteiger partial charge in [0.25, 0.3) is 5.92 Å².